The minimum Gasteiger partial charge on any atom is -0.454 e. The van der Waals surface area contributed by atoms with Crippen LogP contribution < -0.4 is 5.32 Å². The first-order valence-corrected chi connectivity index (χ1v) is 5.45. The fourth-order valence-corrected chi connectivity index (χ4v) is 1.75. The molecular weight excluding hydrogens is 233 g/mol. The third-order valence-corrected chi connectivity index (χ3v) is 2.62. The maximum atomic E-state index is 13.1. The lowest BCUT2D eigenvalue weighted by atomic mass is 10.2. The SMILES string of the molecule is CNc1cncc(-c2cc3cc(F)ccc3o2)n1. The first-order chi connectivity index (χ1) is 8.76. The number of nitrogens with one attached hydrogen (secondary N) is 1. The van der Waals surface area contributed by atoms with Gasteiger partial charge in [0.1, 0.15) is 22.9 Å². The van der Waals surface area contributed by atoms with Gasteiger partial charge in [-0.2, -0.15) is 0 Å². The van der Waals surface area contributed by atoms with E-state index in [0.717, 1.165) is 0 Å². The summed E-state index contributed by atoms with van der Waals surface area (Å²) in [6.45, 7) is 0. The molecule has 0 saturated heterocycles. The Labute approximate surface area is 102 Å². The molecule has 0 saturated carbocycles. The van der Waals surface area contributed by atoms with Crippen LogP contribution in [0.3, 0.4) is 0 Å². The Morgan fingerprint density at radius 1 is 1.22 bits per heavy atom. The van der Waals surface area contributed by atoms with Crippen molar-refractivity contribution in [3.8, 4) is 11.5 Å². The normalized spacial score (nSPS) is 10.8. The number of hydrogen-bond acceptors (Lipinski definition) is 4. The Hall–Kier alpha value is -2.43. The van der Waals surface area contributed by atoms with E-state index in [-0.39, 0.29) is 5.82 Å². The highest BCUT2D eigenvalue weighted by molar-refractivity contribution is 5.82. The molecule has 5 heteroatoms. The first-order valence-electron chi connectivity index (χ1n) is 5.45. The summed E-state index contributed by atoms with van der Waals surface area (Å²) in [5.41, 5.74) is 1.24. The Bertz CT molecular complexity index is 708. The van der Waals surface area contributed by atoms with Crippen LogP contribution >= 0.6 is 0 Å². The van der Waals surface area contributed by atoms with Gasteiger partial charge in [0.2, 0.25) is 0 Å². The molecule has 0 aliphatic heterocycles. The summed E-state index contributed by atoms with van der Waals surface area (Å²) < 4.78 is 18.7. The second kappa shape index (κ2) is 4.10. The van der Waals surface area contributed by atoms with E-state index >= 15 is 0 Å². The average molecular weight is 243 g/mol. The van der Waals surface area contributed by atoms with Gasteiger partial charge in [-0.25, -0.2) is 9.37 Å². The van der Waals surface area contributed by atoms with Crippen LogP contribution in [0.4, 0.5) is 10.2 Å². The molecule has 0 bridgehead atoms. The molecule has 1 N–H and O–H groups in total. The number of benzene rings is 1. The minimum absolute atomic E-state index is 0.287. The molecule has 18 heavy (non-hydrogen) atoms. The van der Waals surface area contributed by atoms with Crippen LogP contribution in [0, 0.1) is 5.82 Å². The number of aromatic nitrogens is 2. The molecule has 4 nitrogen and oxygen atoms in total. The maximum absolute atomic E-state index is 13.1. The first kappa shape index (κ1) is 10.7. The summed E-state index contributed by atoms with van der Waals surface area (Å²) in [7, 11) is 1.77. The molecule has 3 aromatic rings. The average Bonchev–Trinajstić information content (AvgIpc) is 2.81. The lowest BCUT2D eigenvalue weighted by molar-refractivity contribution is 0.617. The Balaban J connectivity index is 2.13. The van der Waals surface area contributed by atoms with E-state index in [1.165, 1.54) is 12.1 Å². The lowest BCUT2D eigenvalue weighted by Gasteiger charge is -1.99. The highest BCUT2D eigenvalue weighted by Crippen LogP contribution is 2.27. The predicted molar refractivity (Wildman–Crippen MR) is 66.7 cm³/mol. The molecule has 0 aliphatic carbocycles. The van der Waals surface area contributed by atoms with Gasteiger partial charge in [-0.05, 0) is 24.3 Å². The largest absolute Gasteiger partial charge is 0.454 e. The molecule has 0 atom stereocenters. The van der Waals surface area contributed by atoms with Crippen molar-refractivity contribution in [3.63, 3.8) is 0 Å². The van der Waals surface area contributed by atoms with Crippen molar-refractivity contribution in [1.82, 2.24) is 9.97 Å². The van der Waals surface area contributed by atoms with Crippen LogP contribution in [0.1, 0.15) is 0 Å². The lowest BCUT2D eigenvalue weighted by Crippen LogP contribution is -1.94. The summed E-state index contributed by atoms with van der Waals surface area (Å²) in [5.74, 6) is 0.934. The predicted octanol–water partition coefficient (Wildman–Crippen LogP) is 3.07. The van der Waals surface area contributed by atoms with Gasteiger partial charge in [0.05, 0.1) is 12.4 Å². The molecule has 0 amide bonds. The highest BCUT2D eigenvalue weighted by Gasteiger charge is 2.09. The van der Waals surface area contributed by atoms with Crippen molar-refractivity contribution in [2.24, 2.45) is 0 Å². The Kier molecular flexibility index (Phi) is 2.44. The molecule has 90 valence electrons. The zero-order chi connectivity index (χ0) is 12.5. The van der Waals surface area contributed by atoms with E-state index in [1.807, 2.05) is 0 Å². The molecule has 0 unspecified atom stereocenters. The van der Waals surface area contributed by atoms with E-state index in [4.69, 9.17) is 4.42 Å². The van der Waals surface area contributed by atoms with Gasteiger partial charge in [-0.3, -0.25) is 4.98 Å². The third-order valence-electron chi connectivity index (χ3n) is 2.62. The zero-order valence-electron chi connectivity index (χ0n) is 9.64. The summed E-state index contributed by atoms with van der Waals surface area (Å²) in [6, 6.07) is 6.15. The van der Waals surface area contributed by atoms with Crippen molar-refractivity contribution in [2.75, 3.05) is 12.4 Å². The molecular formula is C13H10FN3O. The molecule has 0 fully saturated rings. The van der Waals surface area contributed by atoms with Gasteiger partial charge < -0.3 is 9.73 Å². The quantitative estimate of drug-likeness (QED) is 0.751. The van der Waals surface area contributed by atoms with E-state index < -0.39 is 0 Å². The van der Waals surface area contributed by atoms with Crippen LogP contribution in [0.2, 0.25) is 0 Å². The third kappa shape index (κ3) is 1.79. The smallest absolute Gasteiger partial charge is 0.155 e. The number of hydrogen-bond donors (Lipinski definition) is 1. The summed E-state index contributed by atoms with van der Waals surface area (Å²) in [4.78, 5) is 8.38. The Morgan fingerprint density at radius 2 is 2.11 bits per heavy atom. The topological polar surface area (TPSA) is 51.0 Å². The van der Waals surface area contributed by atoms with Crippen molar-refractivity contribution in [2.45, 2.75) is 0 Å². The van der Waals surface area contributed by atoms with Gasteiger partial charge in [-0.15, -0.1) is 0 Å². The fraction of sp³-hybridized carbons (Fsp3) is 0.0769. The number of halogens is 1. The summed E-state index contributed by atoms with van der Waals surface area (Å²) in [5, 5.41) is 3.61. The molecule has 3 rings (SSSR count). The molecule has 2 heterocycles. The number of anilines is 1. The van der Waals surface area contributed by atoms with Gasteiger partial charge in [0, 0.05) is 12.4 Å². The zero-order valence-corrected chi connectivity index (χ0v) is 9.64. The molecule has 2 aromatic heterocycles. The minimum atomic E-state index is -0.287. The number of nitrogens with zero attached hydrogens (tertiary/aromatic N) is 2. The van der Waals surface area contributed by atoms with Crippen LogP contribution in [0.15, 0.2) is 41.1 Å². The second-order valence-corrected chi connectivity index (χ2v) is 3.83. The molecule has 0 radical (unpaired) electrons. The van der Waals surface area contributed by atoms with Crippen molar-refractivity contribution in [1.29, 1.82) is 0 Å². The maximum Gasteiger partial charge on any atom is 0.155 e. The van der Waals surface area contributed by atoms with E-state index in [0.29, 0.717) is 28.2 Å². The highest BCUT2D eigenvalue weighted by atomic mass is 19.1. The van der Waals surface area contributed by atoms with Crippen LogP contribution in [0.5, 0.6) is 0 Å². The molecule has 0 spiro atoms. The second-order valence-electron chi connectivity index (χ2n) is 3.83. The standard InChI is InChI=1S/C13H10FN3O/c1-15-13-7-16-6-10(17-13)12-5-8-4-9(14)2-3-11(8)18-12/h2-7H,1H3,(H,15,17). The number of furan rings is 1. The van der Waals surface area contributed by atoms with Crippen molar-refractivity contribution in [3.05, 3.63) is 42.5 Å². The van der Waals surface area contributed by atoms with Crippen LogP contribution in [-0.2, 0) is 0 Å². The van der Waals surface area contributed by atoms with Crippen molar-refractivity contribution < 1.29 is 8.81 Å². The van der Waals surface area contributed by atoms with E-state index in [2.05, 4.69) is 15.3 Å². The summed E-state index contributed by atoms with van der Waals surface area (Å²) in [6.07, 6.45) is 3.22. The summed E-state index contributed by atoms with van der Waals surface area (Å²) >= 11 is 0. The number of rotatable bonds is 2. The van der Waals surface area contributed by atoms with Gasteiger partial charge in [0.25, 0.3) is 0 Å². The van der Waals surface area contributed by atoms with Gasteiger partial charge in [0.15, 0.2) is 5.76 Å². The molecule has 0 aliphatic rings. The van der Waals surface area contributed by atoms with Gasteiger partial charge >= 0.3 is 0 Å². The van der Waals surface area contributed by atoms with Gasteiger partial charge in [-0.1, -0.05) is 0 Å². The van der Waals surface area contributed by atoms with Crippen molar-refractivity contribution >= 4 is 16.8 Å². The van der Waals surface area contributed by atoms with E-state index in [9.17, 15) is 4.39 Å². The van der Waals surface area contributed by atoms with Crippen LogP contribution in [0.25, 0.3) is 22.4 Å². The monoisotopic (exact) mass is 243 g/mol. The molecule has 1 aromatic carbocycles. The number of fused-ring (bicyclic) bond motifs is 1. The van der Waals surface area contributed by atoms with E-state index in [1.54, 1.807) is 31.6 Å². The fourth-order valence-electron chi connectivity index (χ4n) is 1.75. The Morgan fingerprint density at radius 3 is 2.94 bits per heavy atom. The van der Waals surface area contributed by atoms with Crippen LogP contribution in [-0.4, -0.2) is 17.0 Å².